The number of hydrogen-bond donors (Lipinski definition) is 1. The molecule has 0 aliphatic rings. The number of ether oxygens (including phenoxy) is 1. The van der Waals surface area contributed by atoms with Crippen molar-refractivity contribution in [2.45, 2.75) is 45.8 Å². The van der Waals surface area contributed by atoms with Gasteiger partial charge in [0.05, 0.1) is 0 Å². The summed E-state index contributed by atoms with van der Waals surface area (Å²) in [4.78, 5) is 27.2. The Hall–Kier alpha value is -2.53. The lowest BCUT2D eigenvalue weighted by Gasteiger charge is -2.31. The van der Waals surface area contributed by atoms with E-state index in [1.54, 1.807) is 29.2 Å². The van der Waals surface area contributed by atoms with Gasteiger partial charge in [-0.25, -0.2) is 0 Å². The van der Waals surface area contributed by atoms with Gasteiger partial charge < -0.3 is 15.0 Å². The molecule has 5 nitrogen and oxygen atoms in total. The van der Waals surface area contributed by atoms with Crippen molar-refractivity contribution in [3.8, 4) is 5.75 Å². The Labute approximate surface area is 171 Å². The zero-order valence-corrected chi connectivity index (χ0v) is 17.3. The van der Waals surface area contributed by atoms with Crippen molar-refractivity contribution in [1.82, 2.24) is 10.2 Å². The predicted molar refractivity (Wildman–Crippen MR) is 111 cm³/mol. The molecule has 0 aliphatic heterocycles. The third-order valence-corrected chi connectivity index (χ3v) is 4.41. The second-order valence-corrected chi connectivity index (χ2v) is 7.28. The Morgan fingerprint density at radius 3 is 2.43 bits per heavy atom. The maximum absolute atomic E-state index is 13.0. The van der Waals surface area contributed by atoms with Crippen molar-refractivity contribution in [2.24, 2.45) is 0 Å². The first kappa shape index (κ1) is 21.8. The van der Waals surface area contributed by atoms with Gasteiger partial charge in [0.2, 0.25) is 5.91 Å². The summed E-state index contributed by atoms with van der Waals surface area (Å²) in [5.41, 5.74) is 0.953. The first-order valence-electron chi connectivity index (χ1n) is 9.42. The van der Waals surface area contributed by atoms with Gasteiger partial charge in [-0.1, -0.05) is 54.9 Å². The second kappa shape index (κ2) is 10.7. The summed E-state index contributed by atoms with van der Waals surface area (Å²) in [6.45, 7) is 5.86. The van der Waals surface area contributed by atoms with Crippen LogP contribution in [0.25, 0.3) is 0 Å². The van der Waals surface area contributed by atoms with Crippen LogP contribution in [0.2, 0.25) is 5.02 Å². The van der Waals surface area contributed by atoms with Gasteiger partial charge >= 0.3 is 0 Å². The lowest BCUT2D eigenvalue weighted by molar-refractivity contribution is -0.143. The van der Waals surface area contributed by atoms with E-state index >= 15 is 0 Å². The average molecular weight is 403 g/mol. The molecule has 0 fully saturated rings. The summed E-state index contributed by atoms with van der Waals surface area (Å²) >= 11 is 5.96. The highest BCUT2D eigenvalue weighted by Crippen LogP contribution is 2.18. The lowest BCUT2D eigenvalue weighted by Crippen LogP contribution is -2.51. The summed E-state index contributed by atoms with van der Waals surface area (Å²) in [7, 11) is 0. The summed E-state index contributed by atoms with van der Waals surface area (Å²) in [5, 5.41) is 3.44. The normalized spacial score (nSPS) is 11.8. The molecule has 2 rings (SSSR count). The Morgan fingerprint density at radius 2 is 1.82 bits per heavy atom. The molecule has 0 aromatic heterocycles. The van der Waals surface area contributed by atoms with Gasteiger partial charge in [0, 0.05) is 17.6 Å². The van der Waals surface area contributed by atoms with Crippen molar-refractivity contribution < 1.29 is 14.3 Å². The maximum Gasteiger partial charge on any atom is 0.261 e. The van der Waals surface area contributed by atoms with E-state index in [0.29, 0.717) is 23.7 Å². The predicted octanol–water partition coefficient (Wildman–Crippen LogP) is 4.05. The molecule has 0 radical (unpaired) electrons. The van der Waals surface area contributed by atoms with Crippen LogP contribution < -0.4 is 10.1 Å². The van der Waals surface area contributed by atoms with Crippen molar-refractivity contribution >= 4 is 23.4 Å². The van der Waals surface area contributed by atoms with Crippen molar-refractivity contribution in [1.29, 1.82) is 0 Å². The van der Waals surface area contributed by atoms with E-state index < -0.39 is 6.04 Å². The number of halogens is 1. The average Bonchev–Trinajstić information content (AvgIpc) is 2.66. The third-order valence-electron chi connectivity index (χ3n) is 4.17. The minimum Gasteiger partial charge on any atom is -0.484 e. The van der Waals surface area contributed by atoms with Gasteiger partial charge in [-0.2, -0.15) is 0 Å². The zero-order chi connectivity index (χ0) is 20.5. The standard InChI is InChI=1S/C22H27ClN2O3/c1-4-20(22(27)24-16(2)3)25(14-17-9-6-5-7-10-17)21(26)15-28-19-12-8-11-18(23)13-19/h5-13,16,20H,4,14-15H2,1-3H3,(H,24,27). The first-order valence-corrected chi connectivity index (χ1v) is 9.80. The van der Waals surface area contributed by atoms with Gasteiger partial charge in [-0.15, -0.1) is 0 Å². The molecule has 28 heavy (non-hydrogen) atoms. The van der Waals surface area contributed by atoms with Crippen LogP contribution in [0.4, 0.5) is 0 Å². The number of nitrogens with one attached hydrogen (secondary N) is 1. The van der Waals surface area contributed by atoms with Gasteiger partial charge in [0.1, 0.15) is 11.8 Å². The van der Waals surface area contributed by atoms with Crippen LogP contribution in [0.1, 0.15) is 32.8 Å². The Kier molecular flexibility index (Phi) is 8.33. The van der Waals surface area contributed by atoms with Crippen LogP contribution in [0.5, 0.6) is 5.75 Å². The fourth-order valence-electron chi connectivity index (χ4n) is 2.87. The summed E-state index contributed by atoms with van der Waals surface area (Å²) in [6.07, 6.45) is 0.508. The quantitative estimate of drug-likeness (QED) is 0.688. The molecule has 0 aliphatic carbocycles. The lowest BCUT2D eigenvalue weighted by atomic mass is 10.1. The molecular weight excluding hydrogens is 376 g/mol. The monoisotopic (exact) mass is 402 g/mol. The summed E-state index contributed by atoms with van der Waals surface area (Å²) < 4.78 is 5.62. The Balaban J connectivity index is 2.17. The highest BCUT2D eigenvalue weighted by Gasteiger charge is 2.29. The molecule has 1 unspecified atom stereocenters. The molecule has 0 heterocycles. The van der Waals surface area contributed by atoms with Crippen LogP contribution in [-0.4, -0.2) is 35.4 Å². The molecule has 2 aromatic rings. The summed E-state index contributed by atoms with van der Waals surface area (Å²) in [5.74, 6) is 0.0966. The second-order valence-electron chi connectivity index (χ2n) is 6.84. The van der Waals surface area contributed by atoms with Crippen molar-refractivity contribution in [2.75, 3.05) is 6.61 Å². The van der Waals surface area contributed by atoms with E-state index in [4.69, 9.17) is 16.3 Å². The van der Waals surface area contributed by atoms with Crippen molar-refractivity contribution in [3.63, 3.8) is 0 Å². The molecule has 0 saturated heterocycles. The molecule has 1 atom stereocenters. The number of nitrogens with zero attached hydrogens (tertiary/aromatic N) is 1. The van der Waals surface area contributed by atoms with Crippen LogP contribution in [0.3, 0.4) is 0 Å². The number of amides is 2. The number of benzene rings is 2. The van der Waals surface area contributed by atoms with E-state index in [1.807, 2.05) is 51.1 Å². The number of hydrogen-bond acceptors (Lipinski definition) is 3. The fourth-order valence-corrected chi connectivity index (χ4v) is 3.05. The Morgan fingerprint density at radius 1 is 1.11 bits per heavy atom. The first-order chi connectivity index (χ1) is 13.4. The minimum absolute atomic E-state index is 0.00191. The van der Waals surface area contributed by atoms with Gasteiger partial charge in [-0.05, 0) is 44.0 Å². The van der Waals surface area contributed by atoms with E-state index in [1.165, 1.54) is 0 Å². The molecule has 2 aromatic carbocycles. The minimum atomic E-state index is -0.571. The topological polar surface area (TPSA) is 58.6 Å². The Bertz CT molecular complexity index is 780. The fraction of sp³-hybridized carbons (Fsp3) is 0.364. The molecule has 0 bridgehead atoms. The molecule has 0 spiro atoms. The third kappa shape index (κ3) is 6.57. The largest absolute Gasteiger partial charge is 0.484 e. The van der Waals surface area contributed by atoms with E-state index in [9.17, 15) is 9.59 Å². The zero-order valence-electron chi connectivity index (χ0n) is 16.5. The van der Waals surface area contributed by atoms with Gasteiger partial charge in [0.25, 0.3) is 5.91 Å². The van der Waals surface area contributed by atoms with Gasteiger partial charge in [-0.3, -0.25) is 9.59 Å². The van der Waals surface area contributed by atoms with Crippen molar-refractivity contribution in [3.05, 3.63) is 65.2 Å². The summed E-state index contributed by atoms with van der Waals surface area (Å²) in [6, 6.07) is 15.9. The number of rotatable bonds is 9. The van der Waals surface area contributed by atoms with Crippen LogP contribution >= 0.6 is 11.6 Å². The highest BCUT2D eigenvalue weighted by molar-refractivity contribution is 6.30. The molecule has 1 N–H and O–H groups in total. The van der Waals surface area contributed by atoms with Crippen LogP contribution in [-0.2, 0) is 16.1 Å². The maximum atomic E-state index is 13.0. The van der Waals surface area contributed by atoms with Crippen LogP contribution in [0, 0.1) is 0 Å². The molecular formula is C22H27ClN2O3. The van der Waals surface area contributed by atoms with E-state index in [0.717, 1.165) is 5.56 Å². The van der Waals surface area contributed by atoms with Gasteiger partial charge in [0.15, 0.2) is 6.61 Å². The van der Waals surface area contributed by atoms with E-state index in [2.05, 4.69) is 5.32 Å². The SMILES string of the molecule is CCC(C(=O)NC(C)C)N(Cc1ccccc1)C(=O)COc1cccc(Cl)c1. The molecule has 2 amide bonds. The van der Waals surface area contributed by atoms with Crippen LogP contribution in [0.15, 0.2) is 54.6 Å². The highest BCUT2D eigenvalue weighted by atomic mass is 35.5. The smallest absolute Gasteiger partial charge is 0.261 e. The number of carbonyl (C=O) groups excluding carboxylic acids is 2. The molecule has 0 saturated carbocycles. The van der Waals surface area contributed by atoms with E-state index in [-0.39, 0.29) is 24.5 Å². The molecule has 150 valence electrons. The molecule has 6 heteroatoms. The number of carbonyl (C=O) groups is 2.